The van der Waals surface area contributed by atoms with E-state index in [1.807, 2.05) is 16.7 Å². The van der Waals surface area contributed by atoms with E-state index in [-0.39, 0.29) is 42.7 Å². The molecule has 2 rings (SSSR count). The van der Waals surface area contributed by atoms with Crippen molar-refractivity contribution in [1.82, 2.24) is 14.7 Å². The highest BCUT2D eigenvalue weighted by molar-refractivity contribution is 5.85. The van der Waals surface area contributed by atoms with E-state index < -0.39 is 0 Å². The zero-order valence-electron chi connectivity index (χ0n) is 14.6. The second-order valence-electron chi connectivity index (χ2n) is 6.61. The summed E-state index contributed by atoms with van der Waals surface area (Å²) in [6.07, 6.45) is 4.48. The Hall–Kier alpha value is -0.560. The maximum Gasteiger partial charge on any atom is 0.236 e. The molecule has 1 atom stereocenters. The molecule has 2 aliphatic heterocycles. The van der Waals surface area contributed by atoms with Gasteiger partial charge in [-0.2, -0.15) is 0 Å². The molecule has 0 aromatic rings. The second kappa shape index (κ2) is 11.9. The summed E-state index contributed by atoms with van der Waals surface area (Å²) in [5.74, 6) is 0.444. The van der Waals surface area contributed by atoms with Crippen molar-refractivity contribution in [2.24, 2.45) is 5.73 Å². The highest BCUT2D eigenvalue weighted by Gasteiger charge is 2.23. The summed E-state index contributed by atoms with van der Waals surface area (Å²) >= 11 is 0. The van der Waals surface area contributed by atoms with Crippen LogP contribution in [-0.4, -0.2) is 78.4 Å². The third-order valence-electron chi connectivity index (χ3n) is 4.57. The fourth-order valence-corrected chi connectivity index (χ4v) is 3.15. The minimum absolute atomic E-state index is 0. The van der Waals surface area contributed by atoms with Crippen molar-refractivity contribution in [3.05, 3.63) is 0 Å². The number of nitrogens with zero attached hydrogens (tertiary/aromatic N) is 3. The van der Waals surface area contributed by atoms with Crippen molar-refractivity contribution < 1.29 is 9.59 Å². The van der Waals surface area contributed by atoms with Crippen LogP contribution in [0.25, 0.3) is 0 Å². The number of rotatable bonds is 5. The minimum atomic E-state index is 0. The number of hydrogen-bond acceptors (Lipinski definition) is 4. The molecule has 8 heteroatoms. The summed E-state index contributed by atoms with van der Waals surface area (Å²) in [6.45, 7) is 7.48. The van der Waals surface area contributed by atoms with Gasteiger partial charge >= 0.3 is 0 Å². The van der Waals surface area contributed by atoms with Gasteiger partial charge in [0.15, 0.2) is 0 Å². The van der Waals surface area contributed by atoms with Crippen molar-refractivity contribution >= 4 is 36.6 Å². The lowest BCUT2D eigenvalue weighted by Crippen LogP contribution is -2.41. The van der Waals surface area contributed by atoms with Crippen LogP contribution in [0.2, 0.25) is 0 Å². The van der Waals surface area contributed by atoms with E-state index >= 15 is 0 Å². The summed E-state index contributed by atoms with van der Waals surface area (Å²) in [4.78, 5) is 30.5. The Kier molecular flexibility index (Phi) is 11.6. The molecule has 24 heavy (non-hydrogen) atoms. The Morgan fingerprint density at radius 2 is 1.46 bits per heavy atom. The van der Waals surface area contributed by atoms with E-state index in [0.717, 1.165) is 65.0 Å². The van der Waals surface area contributed by atoms with Crippen LogP contribution in [-0.2, 0) is 9.59 Å². The average Bonchev–Trinajstić information content (AvgIpc) is 2.92. The van der Waals surface area contributed by atoms with Crippen LogP contribution in [0.15, 0.2) is 0 Å². The van der Waals surface area contributed by atoms with E-state index in [1.54, 1.807) is 0 Å². The van der Waals surface area contributed by atoms with Crippen LogP contribution in [0.3, 0.4) is 0 Å². The third kappa shape index (κ3) is 7.55. The topological polar surface area (TPSA) is 69.9 Å². The Balaban J connectivity index is 0.00000264. The molecule has 0 aromatic carbocycles. The van der Waals surface area contributed by atoms with Gasteiger partial charge in [-0.3, -0.25) is 14.5 Å². The molecule has 2 heterocycles. The number of carbonyl (C=O) groups is 2. The molecule has 142 valence electrons. The summed E-state index contributed by atoms with van der Waals surface area (Å²) in [5, 5.41) is 0. The van der Waals surface area contributed by atoms with Crippen molar-refractivity contribution in [3.8, 4) is 0 Å². The molecule has 0 spiro atoms. The molecule has 2 N–H and O–H groups in total. The van der Waals surface area contributed by atoms with Crippen LogP contribution >= 0.6 is 24.8 Å². The van der Waals surface area contributed by atoms with Crippen molar-refractivity contribution in [2.45, 2.75) is 45.1 Å². The number of amides is 2. The fourth-order valence-electron chi connectivity index (χ4n) is 3.15. The van der Waals surface area contributed by atoms with E-state index in [9.17, 15) is 9.59 Å². The van der Waals surface area contributed by atoms with Gasteiger partial charge in [-0.15, -0.1) is 24.8 Å². The van der Waals surface area contributed by atoms with Gasteiger partial charge in [0.1, 0.15) is 0 Å². The van der Waals surface area contributed by atoms with Gasteiger partial charge in [0.05, 0.1) is 6.54 Å². The van der Waals surface area contributed by atoms with E-state index in [1.165, 1.54) is 0 Å². The van der Waals surface area contributed by atoms with E-state index in [2.05, 4.69) is 4.90 Å². The molecular formula is C16H32Cl2N4O2. The molecule has 2 saturated heterocycles. The summed E-state index contributed by atoms with van der Waals surface area (Å²) in [7, 11) is 0. The standard InChI is InChI=1S/C16H30N4O2.2ClH/c1-14(17)5-6-15(21)20-10-4-7-18(11-12-20)13-16(22)19-8-2-3-9-19;;/h14H,2-13,17H2,1H3;2*1H. The maximum atomic E-state index is 12.2. The monoisotopic (exact) mass is 382 g/mol. The first-order valence-corrected chi connectivity index (χ1v) is 8.60. The van der Waals surface area contributed by atoms with Gasteiger partial charge in [0.25, 0.3) is 0 Å². The number of likely N-dealkylation sites (tertiary alicyclic amines) is 1. The number of carbonyl (C=O) groups excluding carboxylic acids is 2. The first kappa shape index (κ1) is 23.4. The van der Waals surface area contributed by atoms with Gasteiger partial charge in [-0.25, -0.2) is 0 Å². The van der Waals surface area contributed by atoms with Crippen LogP contribution < -0.4 is 5.73 Å². The van der Waals surface area contributed by atoms with Crippen LogP contribution in [0.5, 0.6) is 0 Å². The lowest BCUT2D eigenvalue weighted by atomic mass is 10.2. The molecule has 0 aliphatic carbocycles. The SMILES string of the molecule is CC(N)CCC(=O)N1CCCN(CC(=O)N2CCCC2)CC1.Cl.Cl. The molecule has 2 aliphatic rings. The summed E-state index contributed by atoms with van der Waals surface area (Å²) in [5.41, 5.74) is 5.72. The lowest BCUT2D eigenvalue weighted by Gasteiger charge is -2.24. The molecule has 2 amide bonds. The lowest BCUT2D eigenvalue weighted by molar-refractivity contribution is -0.131. The minimum Gasteiger partial charge on any atom is -0.342 e. The van der Waals surface area contributed by atoms with Crippen LogP contribution in [0.4, 0.5) is 0 Å². The Morgan fingerprint density at radius 3 is 2.08 bits per heavy atom. The normalized spacial score (nSPS) is 19.9. The van der Waals surface area contributed by atoms with Crippen LogP contribution in [0.1, 0.15) is 39.0 Å². The van der Waals surface area contributed by atoms with E-state index in [4.69, 9.17) is 5.73 Å². The summed E-state index contributed by atoms with van der Waals surface area (Å²) in [6, 6.07) is 0.0745. The zero-order valence-corrected chi connectivity index (χ0v) is 16.2. The molecule has 0 radical (unpaired) electrons. The Bertz CT molecular complexity index is 390. The quantitative estimate of drug-likeness (QED) is 0.772. The van der Waals surface area contributed by atoms with Gasteiger partial charge < -0.3 is 15.5 Å². The van der Waals surface area contributed by atoms with Crippen molar-refractivity contribution in [2.75, 3.05) is 45.8 Å². The predicted octanol–water partition coefficient (Wildman–Crippen LogP) is 1.11. The molecule has 1 unspecified atom stereocenters. The van der Waals surface area contributed by atoms with E-state index in [0.29, 0.717) is 13.0 Å². The largest absolute Gasteiger partial charge is 0.342 e. The van der Waals surface area contributed by atoms with Crippen molar-refractivity contribution in [1.29, 1.82) is 0 Å². The maximum absolute atomic E-state index is 12.2. The molecule has 0 bridgehead atoms. The smallest absolute Gasteiger partial charge is 0.236 e. The van der Waals surface area contributed by atoms with Crippen molar-refractivity contribution in [3.63, 3.8) is 0 Å². The van der Waals surface area contributed by atoms with Gasteiger partial charge in [-0.05, 0) is 32.6 Å². The molecule has 0 aromatic heterocycles. The molecule has 2 fully saturated rings. The Labute approximate surface area is 157 Å². The fraction of sp³-hybridized carbons (Fsp3) is 0.875. The molecule has 0 saturated carbocycles. The first-order valence-electron chi connectivity index (χ1n) is 8.60. The van der Waals surface area contributed by atoms with Gasteiger partial charge in [0.2, 0.25) is 11.8 Å². The molecule has 6 nitrogen and oxygen atoms in total. The predicted molar refractivity (Wildman–Crippen MR) is 101 cm³/mol. The number of nitrogens with two attached hydrogens (primary N) is 1. The first-order chi connectivity index (χ1) is 10.6. The summed E-state index contributed by atoms with van der Waals surface area (Å²) < 4.78 is 0. The van der Waals surface area contributed by atoms with Gasteiger partial charge in [-0.1, -0.05) is 0 Å². The number of hydrogen-bond donors (Lipinski definition) is 1. The highest BCUT2D eigenvalue weighted by Crippen LogP contribution is 2.10. The average molecular weight is 383 g/mol. The van der Waals surface area contributed by atoms with Gasteiger partial charge in [0, 0.05) is 51.7 Å². The second-order valence-corrected chi connectivity index (χ2v) is 6.61. The third-order valence-corrected chi connectivity index (χ3v) is 4.57. The number of halogens is 2. The zero-order chi connectivity index (χ0) is 15.9. The Morgan fingerprint density at radius 1 is 0.875 bits per heavy atom. The van der Waals surface area contributed by atoms with Crippen LogP contribution in [0, 0.1) is 0 Å². The molecular weight excluding hydrogens is 351 g/mol. The highest BCUT2D eigenvalue weighted by atomic mass is 35.5.